The normalized spacial score (nSPS) is 11.4. The monoisotopic (exact) mass is 232 g/mol. The molecule has 0 fully saturated rings. The largest absolute Gasteiger partial charge is 0.359 e. The number of hydrogen-bond donors (Lipinski definition) is 1. The molecule has 0 aliphatic heterocycles. The van der Waals surface area contributed by atoms with Crippen molar-refractivity contribution in [1.29, 1.82) is 5.26 Å². The van der Waals surface area contributed by atoms with Gasteiger partial charge >= 0.3 is 0 Å². The van der Waals surface area contributed by atoms with E-state index in [1.165, 1.54) is 6.20 Å². The predicted molar refractivity (Wildman–Crippen MR) is 65.3 cm³/mol. The van der Waals surface area contributed by atoms with Gasteiger partial charge in [-0.2, -0.15) is 5.26 Å². The van der Waals surface area contributed by atoms with Crippen molar-refractivity contribution in [2.45, 2.75) is 19.9 Å². The highest BCUT2D eigenvalue weighted by Crippen LogP contribution is 2.06. The van der Waals surface area contributed by atoms with Crippen molar-refractivity contribution in [3.63, 3.8) is 0 Å². The molecule has 0 radical (unpaired) electrons. The topological polar surface area (TPSA) is 69.0 Å². The molecular formula is C12H16N4O. The Morgan fingerprint density at radius 3 is 2.82 bits per heavy atom. The van der Waals surface area contributed by atoms with E-state index < -0.39 is 0 Å². The number of aromatic nitrogens is 1. The molecule has 0 saturated heterocycles. The summed E-state index contributed by atoms with van der Waals surface area (Å²) in [6.07, 6.45) is 1.48. The zero-order valence-corrected chi connectivity index (χ0v) is 10.3. The van der Waals surface area contributed by atoms with Gasteiger partial charge in [-0.1, -0.05) is 0 Å². The van der Waals surface area contributed by atoms with Crippen LogP contribution in [0.1, 0.15) is 19.4 Å². The maximum atomic E-state index is 11.8. The molecule has 90 valence electrons. The highest BCUT2D eigenvalue weighted by atomic mass is 16.2. The van der Waals surface area contributed by atoms with Gasteiger partial charge in [0.05, 0.1) is 5.56 Å². The van der Waals surface area contributed by atoms with E-state index >= 15 is 0 Å². The molecule has 1 amide bonds. The van der Waals surface area contributed by atoms with Gasteiger partial charge < -0.3 is 10.2 Å². The van der Waals surface area contributed by atoms with Crippen LogP contribution < -0.4 is 5.32 Å². The first-order valence-electron chi connectivity index (χ1n) is 5.46. The molecule has 0 aromatic carbocycles. The number of anilines is 1. The van der Waals surface area contributed by atoms with Gasteiger partial charge in [-0.15, -0.1) is 0 Å². The van der Waals surface area contributed by atoms with Gasteiger partial charge in [0.15, 0.2) is 0 Å². The summed E-state index contributed by atoms with van der Waals surface area (Å²) in [4.78, 5) is 17.5. The van der Waals surface area contributed by atoms with Gasteiger partial charge in [-0.25, -0.2) is 4.98 Å². The molecule has 1 atom stereocenters. The molecule has 0 aliphatic rings. The van der Waals surface area contributed by atoms with E-state index in [1.54, 1.807) is 31.0 Å². The molecule has 1 unspecified atom stereocenters. The van der Waals surface area contributed by atoms with Gasteiger partial charge in [0.25, 0.3) is 0 Å². The quantitative estimate of drug-likeness (QED) is 0.847. The van der Waals surface area contributed by atoms with Crippen molar-refractivity contribution in [2.24, 2.45) is 0 Å². The first kappa shape index (κ1) is 13.0. The lowest BCUT2D eigenvalue weighted by atomic mass is 10.2. The standard InChI is InChI=1S/C12H16N4O/c1-4-16(3)12(17)9(2)15-11-6-5-10(7-13)8-14-11/h5-6,8-9H,4H2,1-3H3,(H,14,15). The number of pyridine rings is 1. The molecule has 1 heterocycles. The van der Waals surface area contributed by atoms with Gasteiger partial charge in [-0.3, -0.25) is 4.79 Å². The van der Waals surface area contributed by atoms with Crippen LogP contribution in [0.5, 0.6) is 0 Å². The molecule has 17 heavy (non-hydrogen) atoms. The fourth-order valence-corrected chi connectivity index (χ4v) is 1.32. The summed E-state index contributed by atoms with van der Waals surface area (Å²) < 4.78 is 0. The lowest BCUT2D eigenvalue weighted by Crippen LogP contribution is -2.38. The molecule has 5 heteroatoms. The fourth-order valence-electron chi connectivity index (χ4n) is 1.32. The average Bonchev–Trinajstić information content (AvgIpc) is 2.37. The van der Waals surface area contributed by atoms with E-state index in [4.69, 9.17) is 5.26 Å². The second-order valence-corrected chi connectivity index (χ2v) is 3.76. The SMILES string of the molecule is CCN(C)C(=O)C(C)Nc1ccc(C#N)cn1. The Morgan fingerprint density at radius 2 is 2.35 bits per heavy atom. The Kier molecular flexibility index (Phi) is 4.46. The summed E-state index contributed by atoms with van der Waals surface area (Å²) in [6.45, 7) is 4.38. The third-order valence-corrected chi connectivity index (χ3v) is 2.48. The number of nitrogens with one attached hydrogen (secondary N) is 1. The molecule has 1 aromatic heterocycles. The Hall–Kier alpha value is -2.09. The van der Waals surface area contributed by atoms with E-state index in [1.807, 2.05) is 13.0 Å². The van der Waals surface area contributed by atoms with Gasteiger partial charge in [0, 0.05) is 19.8 Å². The molecule has 1 N–H and O–H groups in total. The van der Waals surface area contributed by atoms with Crippen LogP contribution in [0.3, 0.4) is 0 Å². The van der Waals surface area contributed by atoms with Crippen LogP contribution >= 0.6 is 0 Å². The van der Waals surface area contributed by atoms with Gasteiger partial charge in [-0.05, 0) is 26.0 Å². The van der Waals surface area contributed by atoms with E-state index in [-0.39, 0.29) is 11.9 Å². The highest BCUT2D eigenvalue weighted by Gasteiger charge is 2.16. The van der Waals surface area contributed by atoms with E-state index in [9.17, 15) is 4.79 Å². The molecular weight excluding hydrogens is 216 g/mol. The minimum absolute atomic E-state index is 0.0126. The number of nitriles is 1. The van der Waals surface area contributed by atoms with Crippen LogP contribution in [-0.2, 0) is 4.79 Å². The van der Waals surface area contributed by atoms with Crippen molar-refractivity contribution in [3.8, 4) is 6.07 Å². The first-order chi connectivity index (χ1) is 8.08. The molecule has 0 bridgehead atoms. The number of rotatable bonds is 4. The highest BCUT2D eigenvalue weighted by molar-refractivity contribution is 5.83. The van der Waals surface area contributed by atoms with E-state index in [0.717, 1.165) is 0 Å². The Balaban J connectivity index is 2.65. The number of nitrogens with zero attached hydrogens (tertiary/aromatic N) is 3. The Labute approximate surface area is 101 Å². The minimum Gasteiger partial charge on any atom is -0.359 e. The number of hydrogen-bond acceptors (Lipinski definition) is 4. The maximum Gasteiger partial charge on any atom is 0.244 e. The van der Waals surface area contributed by atoms with E-state index in [2.05, 4.69) is 10.3 Å². The number of likely N-dealkylation sites (N-methyl/N-ethyl adjacent to an activating group) is 1. The van der Waals surface area contributed by atoms with Crippen molar-refractivity contribution in [3.05, 3.63) is 23.9 Å². The van der Waals surface area contributed by atoms with Crippen molar-refractivity contribution in [2.75, 3.05) is 18.9 Å². The third-order valence-electron chi connectivity index (χ3n) is 2.48. The molecule has 0 spiro atoms. The summed E-state index contributed by atoms with van der Waals surface area (Å²) in [6, 6.07) is 5.01. The fraction of sp³-hybridized carbons (Fsp3) is 0.417. The smallest absolute Gasteiger partial charge is 0.244 e. The van der Waals surface area contributed by atoms with Gasteiger partial charge in [0.1, 0.15) is 17.9 Å². The third kappa shape index (κ3) is 3.45. The number of carbonyl (C=O) groups is 1. The maximum absolute atomic E-state index is 11.8. The lowest BCUT2D eigenvalue weighted by Gasteiger charge is -2.20. The second-order valence-electron chi connectivity index (χ2n) is 3.76. The zero-order chi connectivity index (χ0) is 12.8. The van der Waals surface area contributed by atoms with Crippen LogP contribution in [0, 0.1) is 11.3 Å². The Bertz CT molecular complexity index is 421. The summed E-state index contributed by atoms with van der Waals surface area (Å²) >= 11 is 0. The summed E-state index contributed by atoms with van der Waals surface area (Å²) in [5, 5.41) is 11.6. The molecule has 0 saturated carbocycles. The van der Waals surface area contributed by atoms with Crippen molar-refractivity contribution >= 4 is 11.7 Å². The summed E-state index contributed by atoms with van der Waals surface area (Å²) in [7, 11) is 1.76. The summed E-state index contributed by atoms with van der Waals surface area (Å²) in [5.74, 6) is 0.605. The lowest BCUT2D eigenvalue weighted by molar-refractivity contribution is -0.130. The van der Waals surface area contributed by atoms with Crippen molar-refractivity contribution in [1.82, 2.24) is 9.88 Å². The molecule has 1 aromatic rings. The molecule has 1 rings (SSSR count). The van der Waals surface area contributed by atoms with E-state index in [0.29, 0.717) is 17.9 Å². The minimum atomic E-state index is -0.333. The Morgan fingerprint density at radius 1 is 1.65 bits per heavy atom. The second kappa shape index (κ2) is 5.85. The van der Waals surface area contributed by atoms with Gasteiger partial charge in [0.2, 0.25) is 5.91 Å². The van der Waals surface area contributed by atoms with Crippen molar-refractivity contribution < 1.29 is 4.79 Å². The molecule has 0 aliphatic carbocycles. The van der Waals surface area contributed by atoms with Crippen LogP contribution in [-0.4, -0.2) is 35.4 Å². The molecule has 5 nitrogen and oxygen atoms in total. The summed E-state index contributed by atoms with van der Waals surface area (Å²) in [5.41, 5.74) is 0.500. The van der Waals surface area contributed by atoms with Crippen LogP contribution in [0.25, 0.3) is 0 Å². The number of amides is 1. The van der Waals surface area contributed by atoms with Crippen LogP contribution in [0.2, 0.25) is 0 Å². The number of carbonyl (C=O) groups excluding carboxylic acids is 1. The van der Waals surface area contributed by atoms with Crippen LogP contribution in [0.4, 0.5) is 5.82 Å². The zero-order valence-electron chi connectivity index (χ0n) is 10.3. The first-order valence-corrected chi connectivity index (χ1v) is 5.46. The predicted octanol–water partition coefficient (Wildman–Crippen LogP) is 1.23. The average molecular weight is 232 g/mol. The van der Waals surface area contributed by atoms with Crippen LogP contribution in [0.15, 0.2) is 18.3 Å².